The zero-order chi connectivity index (χ0) is 15.6. The number of aryl methyl sites for hydroxylation is 1. The molecule has 7 nitrogen and oxygen atoms in total. The largest absolute Gasteiger partial charge is 0.340 e. The van der Waals surface area contributed by atoms with Gasteiger partial charge in [0.25, 0.3) is 5.91 Å². The Kier molecular flexibility index (Phi) is 4.67. The number of nitrogens with one attached hydrogen (secondary N) is 1. The Balaban J connectivity index is 2.27. The summed E-state index contributed by atoms with van der Waals surface area (Å²) in [4.78, 5) is 13.8. The summed E-state index contributed by atoms with van der Waals surface area (Å²) in [5.74, 6) is 0.107. The number of aromatic nitrogens is 2. The van der Waals surface area contributed by atoms with Crippen LogP contribution in [0.15, 0.2) is 4.90 Å². The van der Waals surface area contributed by atoms with Gasteiger partial charge >= 0.3 is 0 Å². The molecule has 118 valence electrons. The fraction of sp³-hybridized carbons (Fsp3) is 0.692. The van der Waals surface area contributed by atoms with Crippen LogP contribution in [0.5, 0.6) is 0 Å². The maximum atomic E-state index is 12.4. The summed E-state index contributed by atoms with van der Waals surface area (Å²) in [7, 11) is -2.31. The minimum atomic E-state index is -3.98. The van der Waals surface area contributed by atoms with Crippen molar-refractivity contribution in [1.29, 1.82) is 0 Å². The molecule has 1 fully saturated rings. The molecule has 1 aromatic heterocycles. The molecule has 8 heteroatoms. The lowest BCUT2D eigenvalue weighted by Gasteiger charge is -2.29. The van der Waals surface area contributed by atoms with E-state index in [-0.39, 0.29) is 10.6 Å². The molecule has 0 radical (unpaired) electrons. The highest BCUT2D eigenvalue weighted by molar-refractivity contribution is 7.89. The highest BCUT2D eigenvalue weighted by Gasteiger charge is 2.30. The number of nitrogens with zero attached hydrogens (tertiary/aromatic N) is 2. The number of amides is 1. The van der Waals surface area contributed by atoms with Crippen molar-refractivity contribution in [1.82, 2.24) is 15.1 Å². The normalized spacial score (nSPS) is 15.8. The summed E-state index contributed by atoms with van der Waals surface area (Å²) >= 11 is 0. The van der Waals surface area contributed by atoms with E-state index < -0.39 is 15.9 Å². The Labute approximate surface area is 124 Å². The molecule has 1 heterocycles. The number of carbonyl (C=O) groups excluding carboxylic acids is 1. The third kappa shape index (κ3) is 3.44. The van der Waals surface area contributed by atoms with Crippen molar-refractivity contribution in [2.24, 2.45) is 11.1 Å². The van der Waals surface area contributed by atoms with Crippen LogP contribution < -0.4 is 5.14 Å². The second-order valence-corrected chi connectivity index (χ2v) is 7.16. The number of nitrogens with two attached hydrogens (primary N) is 1. The number of carbonyl (C=O) groups is 1. The first kappa shape index (κ1) is 16.0. The number of sulfonamides is 1. The van der Waals surface area contributed by atoms with Gasteiger partial charge < -0.3 is 4.90 Å². The molecule has 0 unspecified atom stereocenters. The molecule has 2 rings (SSSR count). The monoisotopic (exact) mass is 314 g/mol. The van der Waals surface area contributed by atoms with Crippen molar-refractivity contribution in [2.75, 3.05) is 13.6 Å². The van der Waals surface area contributed by atoms with Crippen LogP contribution in [0.4, 0.5) is 0 Å². The molecule has 0 aliphatic heterocycles. The molecule has 21 heavy (non-hydrogen) atoms. The molecule has 3 N–H and O–H groups in total. The standard InChI is InChI=1S/C13H22N4O3S/c1-3-5-10-12(21(14,19)20)11(16-15-10)13(18)17(2)8-9-6-4-7-9/h9H,3-8H2,1-2H3,(H,15,16)(H2,14,19,20). The van der Waals surface area contributed by atoms with Crippen LogP contribution in [0, 0.1) is 5.92 Å². The first-order chi connectivity index (χ1) is 9.84. The van der Waals surface area contributed by atoms with Gasteiger partial charge in [-0.1, -0.05) is 19.8 Å². The van der Waals surface area contributed by atoms with Gasteiger partial charge in [-0.2, -0.15) is 5.10 Å². The van der Waals surface area contributed by atoms with Gasteiger partial charge in [0.15, 0.2) is 5.69 Å². The predicted molar refractivity (Wildman–Crippen MR) is 78.3 cm³/mol. The van der Waals surface area contributed by atoms with E-state index >= 15 is 0 Å². The molecule has 0 bridgehead atoms. The molecule has 0 atom stereocenters. The van der Waals surface area contributed by atoms with E-state index in [9.17, 15) is 13.2 Å². The van der Waals surface area contributed by atoms with Crippen LogP contribution in [-0.4, -0.2) is 43.0 Å². The third-order valence-corrected chi connectivity index (χ3v) is 4.89. The number of aromatic amines is 1. The van der Waals surface area contributed by atoms with E-state index in [1.807, 2.05) is 6.92 Å². The molecule has 1 saturated carbocycles. The van der Waals surface area contributed by atoms with Gasteiger partial charge in [-0.15, -0.1) is 0 Å². The lowest BCUT2D eigenvalue weighted by Crippen LogP contribution is -2.35. The predicted octanol–water partition coefficient (Wildman–Crippen LogP) is 0.882. The lowest BCUT2D eigenvalue weighted by atomic mass is 9.85. The van der Waals surface area contributed by atoms with Gasteiger partial charge in [0.05, 0.1) is 5.69 Å². The Bertz CT molecular complexity index is 619. The van der Waals surface area contributed by atoms with Crippen molar-refractivity contribution in [3.05, 3.63) is 11.4 Å². The first-order valence-electron chi connectivity index (χ1n) is 7.20. The zero-order valence-corrected chi connectivity index (χ0v) is 13.2. The summed E-state index contributed by atoms with van der Waals surface area (Å²) < 4.78 is 23.5. The summed E-state index contributed by atoms with van der Waals surface area (Å²) in [6, 6.07) is 0. The lowest BCUT2D eigenvalue weighted by molar-refractivity contribution is 0.0735. The van der Waals surface area contributed by atoms with E-state index in [4.69, 9.17) is 5.14 Å². The Morgan fingerprint density at radius 1 is 1.48 bits per heavy atom. The molecule has 1 aromatic rings. The Morgan fingerprint density at radius 3 is 2.62 bits per heavy atom. The van der Waals surface area contributed by atoms with Gasteiger partial charge in [0.1, 0.15) is 4.90 Å². The first-order valence-corrected chi connectivity index (χ1v) is 8.74. The maximum absolute atomic E-state index is 12.4. The Hall–Kier alpha value is -1.41. The van der Waals surface area contributed by atoms with E-state index in [0.29, 0.717) is 24.6 Å². The van der Waals surface area contributed by atoms with Crippen LogP contribution in [0.1, 0.15) is 48.8 Å². The second-order valence-electron chi connectivity index (χ2n) is 5.66. The molecule has 1 aliphatic carbocycles. The number of primary sulfonamides is 1. The minimum Gasteiger partial charge on any atom is -0.340 e. The van der Waals surface area contributed by atoms with Crippen LogP contribution in [-0.2, 0) is 16.4 Å². The van der Waals surface area contributed by atoms with Gasteiger partial charge in [0.2, 0.25) is 10.0 Å². The number of rotatable bonds is 6. The maximum Gasteiger partial charge on any atom is 0.275 e. The zero-order valence-electron chi connectivity index (χ0n) is 12.4. The topological polar surface area (TPSA) is 109 Å². The van der Waals surface area contributed by atoms with E-state index in [1.54, 1.807) is 7.05 Å². The fourth-order valence-corrected chi connectivity index (χ4v) is 3.46. The summed E-state index contributed by atoms with van der Waals surface area (Å²) in [5.41, 5.74) is 0.308. The number of hydrogen-bond acceptors (Lipinski definition) is 4. The molecule has 1 amide bonds. The Morgan fingerprint density at radius 2 is 2.14 bits per heavy atom. The smallest absolute Gasteiger partial charge is 0.275 e. The van der Waals surface area contributed by atoms with Crippen LogP contribution in [0.3, 0.4) is 0 Å². The van der Waals surface area contributed by atoms with Crippen molar-refractivity contribution < 1.29 is 13.2 Å². The highest BCUT2D eigenvalue weighted by atomic mass is 32.2. The summed E-state index contributed by atoms with van der Waals surface area (Å²) in [5, 5.41) is 11.8. The number of H-pyrrole nitrogens is 1. The number of hydrogen-bond donors (Lipinski definition) is 2. The molecule has 0 saturated heterocycles. The third-order valence-electron chi connectivity index (χ3n) is 3.88. The second kappa shape index (κ2) is 6.15. The van der Waals surface area contributed by atoms with Crippen LogP contribution >= 0.6 is 0 Å². The van der Waals surface area contributed by atoms with Crippen molar-refractivity contribution in [3.8, 4) is 0 Å². The summed E-state index contributed by atoms with van der Waals surface area (Å²) in [6.07, 6.45) is 4.63. The summed E-state index contributed by atoms with van der Waals surface area (Å²) in [6.45, 7) is 2.54. The van der Waals surface area contributed by atoms with Gasteiger partial charge in [-0.3, -0.25) is 9.89 Å². The molecular weight excluding hydrogens is 292 g/mol. The SMILES string of the molecule is CCCc1[nH]nc(C(=O)N(C)CC2CCC2)c1S(N)(=O)=O. The van der Waals surface area contributed by atoms with Gasteiger partial charge in [-0.25, -0.2) is 13.6 Å². The fourth-order valence-electron chi connectivity index (χ4n) is 2.57. The molecule has 0 aromatic carbocycles. The van der Waals surface area contributed by atoms with Crippen molar-refractivity contribution >= 4 is 15.9 Å². The average molecular weight is 314 g/mol. The van der Waals surface area contributed by atoms with Gasteiger partial charge in [0, 0.05) is 13.6 Å². The average Bonchev–Trinajstić information content (AvgIpc) is 2.76. The van der Waals surface area contributed by atoms with Crippen molar-refractivity contribution in [2.45, 2.75) is 43.9 Å². The quantitative estimate of drug-likeness (QED) is 0.812. The minimum absolute atomic E-state index is 0.0947. The van der Waals surface area contributed by atoms with Crippen LogP contribution in [0.2, 0.25) is 0 Å². The van der Waals surface area contributed by atoms with Gasteiger partial charge in [-0.05, 0) is 25.2 Å². The van der Waals surface area contributed by atoms with Crippen LogP contribution in [0.25, 0.3) is 0 Å². The van der Waals surface area contributed by atoms with E-state index in [2.05, 4.69) is 10.2 Å². The highest BCUT2D eigenvalue weighted by Crippen LogP contribution is 2.27. The molecule has 1 aliphatic rings. The van der Waals surface area contributed by atoms with E-state index in [0.717, 1.165) is 19.3 Å². The van der Waals surface area contributed by atoms with E-state index in [1.165, 1.54) is 11.3 Å². The van der Waals surface area contributed by atoms with Crippen molar-refractivity contribution in [3.63, 3.8) is 0 Å². The molecular formula is C13H22N4O3S. The molecule has 0 spiro atoms.